The summed E-state index contributed by atoms with van der Waals surface area (Å²) >= 11 is 0. The van der Waals surface area contributed by atoms with E-state index in [9.17, 15) is 0 Å². The predicted octanol–water partition coefficient (Wildman–Crippen LogP) is 6.00. The van der Waals surface area contributed by atoms with E-state index < -0.39 is 17.2 Å². The van der Waals surface area contributed by atoms with Gasteiger partial charge in [0, 0.05) is 0 Å². The Balaban J connectivity index is 0.000000629. The van der Waals surface area contributed by atoms with Crippen LogP contribution in [0.1, 0.15) is 52.7 Å². The fraction of sp³-hybridized carbons (Fsp3) is 0.308. The van der Waals surface area contributed by atoms with Gasteiger partial charge in [0.05, 0.1) is 0 Å². The summed E-state index contributed by atoms with van der Waals surface area (Å²) in [5.41, 5.74) is 8.23. The van der Waals surface area contributed by atoms with Crippen LogP contribution in [-0.4, -0.2) is 29.4 Å². The van der Waals surface area contributed by atoms with Gasteiger partial charge in [-0.05, 0) is 44.2 Å². The summed E-state index contributed by atoms with van der Waals surface area (Å²) in [7, 11) is -5.24. The lowest BCUT2D eigenvalue weighted by atomic mass is 9.77. The molecule has 0 fully saturated rings. The van der Waals surface area contributed by atoms with E-state index in [4.69, 9.17) is 29.4 Å². The quantitative estimate of drug-likeness (QED) is 0.237. The summed E-state index contributed by atoms with van der Waals surface area (Å²) in [6.07, 6.45) is 0. The highest BCUT2D eigenvalue weighted by molar-refractivity contribution is 7.38. The van der Waals surface area contributed by atoms with Gasteiger partial charge in [0.1, 0.15) is 0 Å². The van der Waals surface area contributed by atoms with Gasteiger partial charge >= 0.3 is 17.2 Å². The molecule has 0 saturated carbocycles. The zero-order valence-electron chi connectivity index (χ0n) is 20.5. The number of hydrogen-bond acceptors (Lipinski definition) is 6. The molecule has 0 aliphatic rings. The summed E-state index contributed by atoms with van der Waals surface area (Å²) in [5, 5.41) is 0. The minimum absolute atomic E-state index is 0.106. The highest BCUT2D eigenvalue weighted by atomic mass is 31.2. The number of benzene rings is 3. The van der Waals surface area contributed by atoms with Crippen LogP contribution >= 0.6 is 17.2 Å². The first-order valence-electron chi connectivity index (χ1n) is 10.7. The van der Waals surface area contributed by atoms with Crippen molar-refractivity contribution in [3.05, 3.63) is 83.9 Å². The summed E-state index contributed by atoms with van der Waals surface area (Å²) < 4.78 is 0. The molecule has 0 aromatic heterocycles. The molecule has 3 aromatic carbocycles. The van der Waals surface area contributed by atoms with Crippen LogP contribution in [0.25, 0.3) is 22.3 Å². The summed E-state index contributed by atoms with van der Waals surface area (Å²) in [6.45, 7) is 13.7. The molecule has 0 unspecified atom stereocenters. The summed E-state index contributed by atoms with van der Waals surface area (Å²) in [6, 6.07) is 26.5. The second-order valence-corrected chi connectivity index (χ2v) is 10.8. The molecule has 0 heterocycles. The molecule has 3 aromatic rings. The molecular formula is C26H36O6P2. The molecule has 0 spiro atoms. The SMILES string of the molecule is CC(C)(C)c1ccc(-c2ccc(-c3ccccc3)cc2)c(C(C)(C)C)c1.OP(O)O.OP(O)O. The average Bonchev–Trinajstić information content (AvgIpc) is 2.72. The fourth-order valence-electron chi connectivity index (χ4n) is 3.36. The summed E-state index contributed by atoms with van der Waals surface area (Å²) in [4.78, 5) is 43.4. The Kier molecular flexibility index (Phi) is 11.9. The summed E-state index contributed by atoms with van der Waals surface area (Å²) in [5.74, 6) is 0. The van der Waals surface area contributed by atoms with Crippen molar-refractivity contribution in [1.29, 1.82) is 0 Å². The first-order chi connectivity index (χ1) is 15.6. The largest absolute Gasteiger partial charge is 0.328 e. The van der Waals surface area contributed by atoms with E-state index in [1.807, 2.05) is 0 Å². The zero-order chi connectivity index (χ0) is 26.1. The maximum absolute atomic E-state index is 7.23. The third-order valence-electron chi connectivity index (χ3n) is 5.00. The minimum atomic E-state index is -2.62. The lowest BCUT2D eigenvalue weighted by Crippen LogP contribution is -2.17. The van der Waals surface area contributed by atoms with Gasteiger partial charge in [0.25, 0.3) is 0 Å². The van der Waals surface area contributed by atoms with E-state index in [1.165, 1.54) is 33.4 Å². The zero-order valence-corrected chi connectivity index (χ0v) is 22.3. The molecule has 0 amide bonds. The average molecular weight is 507 g/mol. The van der Waals surface area contributed by atoms with Crippen molar-refractivity contribution in [1.82, 2.24) is 0 Å². The van der Waals surface area contributed by atoms with Crippen LogP contribution in [0.2, 0.25) is 0 Å². The molecule has 0 atom stereocenters. The number of rotatable bonds is 2. The standard InChI is InChI=1S/C26H30.2H3O3P/c1-25(2,3)22-16-17-23(24(18-22)26(4,5)6)21-14-12-20(13-15-21)19-10-8-7-9-11-19;2*1-4(2)3/h7-18H,1-6H3;2*1-3H. The molecular weight excluding hydrogens is 470 g/mol. The first-order valence-corrected chi connectivity index (χ1v) is 13.1. The maximum Gasteiger partial charge on any atom is 0.324 e. The van der Waals surface area contributed by atoms with E-state index in [0.29, 0.717) is 0 Å². The van der Waals surface area contributed by atoms with Crippen molar-refractivity contribution >= 4 is 17.2 Å². The lowest BCUT2D eigenvalue weighted by molar-refractivity contribution is 0.366. The van der Waals surface area contributed by atoms with Gasteiger partial charge in [0.2, 0.25) is 0 Å². The molecule has 0 bridgehead atoms. The highest BCUT2D eigenvalue weighted by Gasteiger charge is 2.22. The van der Waals surface area contributed by atoms with Gasteiger partial charge in [-0.15, -0.1) is 0 Å². The molecule has 0 aliphatic heterocycles. The Labute approximate surface area is 205 Å². The Hall–Kier alpha value is -1.72. The van der Waals surface area contributed by atoms with Crippen LogP contribution in [0, 0.1) is 0 Å². The molecule has 34 heavy (non-hydrogen) atoms. The van der Waals surface area contributed by atoms with E-state index in [0.717, 1.165) is 0 Å². The molecule has 0 radical (unpaired) electrons. The molecule has 0 saturated heterocycles. The van der Waals surface area contributed by atoms with Crippen molar-refractivity contribution in [2.75, 3.05) is 0 Å². The Morgan fingerprint density at radius 3 is 1.32 bits per heavy atom. The predicted molar refractivity (Wildman–Crippen MR) is 142 cm³/mol. The van der Waals surface area contributed by atoms with Crippen LogP contribution in [0.3, 0.4) is 0 Å². The third-order valence-corrected chi connectivity index (χ3v) is 5.00. The van der Waals surface area contributed by atoms with Gasteiger partial charge in [0.15, 0.2) is 0 Å². The molecule has 0 aliphatic carbocycles. The Morgan fingerprint density at radius 1 is 0.500 bits per heavy atom. The third kappa shape index (κ3) is 10.7. The van der Waals surface area contributed by atoms with Gasteiger partial charge in [-0.1, -0.05) is 114 Å². The van der Waals surface area contributed by atoms with Crippen molar-refractivity contribution in [3.63, 3.8) is 0 Å². The van der Waals surface area contributed by atoms with Crippen LogP contribution in [0.5, 0.6) is 0 Å². The molecule has 186 valence electrons. The van der Waals surface area contributed by atoms with Crippen molar-refractivity contribution in [2.45, 2.75) is 52.4 Å². The molecule has 6 nitrogen and oxygen atoms in total. The van der Waals surface area contributed by atoms with Crippen molar-refractivity contribution < 1.29 is 29.4 Å². The normalized spacial score (nSPS) is 11.5. The van der Waals surface area contributed by atoms with E-state index in [1.54, 1.807) is 0 Å². The monoisotopic (exact) mass is 506 g/mol. The molecule has 3 rings (SSSR count). The number of hydrogen-bond donors (Lipinski definition) is 6. The maximum atomic E-state index is 7.23. The first kappa shape index (κ1) is 30.3. The van der Waals surface area contributed by atoms with E-state index >= 15 is 0 Å². The van der Waals surface area contributed by atoms with Crippen LogP contribution < -0.4 is 0 Å². The van der Waals surface area contributed by atoms with Gasteiger partial charge in [-0.25, -0.2) is 0 Å². The molecule has 6 N–H and O–H groups in total. The fourth-order valence-corrected chi connectivity index (χ4v) is 3.36. The van der Waals surface area contributed by atoms with Gasteiger partial charge < -0.3 is 29.4 Å². The van der Waals surface area contributed by atoms with Gasteiger partial charge in [-0.3, -0.25) is 0 Å². The smallest absolute Gasteiger partial charge is 0.324 e. The Bertz CT molecular complexity index is 981. The highest BCUT2D eigenvalue weighted by Crippen LogP contribution is 2.37. The van der Waals surface area contributed by atoms with Crippen molar-refractivity contribution in [2.24, 2.45) is 0 Å². The van der Waals surface area contributed by atoms with Crippen LogP contribution in [0.15, 0.2) is 72.8 Å². The Morgan fingerprint density at radius 2 is 0.912 bits per heavy atom. The topological polar surface area (TPSA) is 121 Å². The lowest BCUT2D eigenvalue weighted by Gasteiger charge is -2.27. The van der Waals surface area contributed by atoms with Crippen LogP contribution in [-0.2, 0) is 10.8 Å². The molecule has 8 heteroatoms. The van der Waals surface area contributed by atoms with Crippen molar-refractivity contribution in [3.8, 4) is 22.3 Å². The van der Waals surface area contributed by atoms with E-state index in [2.05, 4.69) is 114 Å². The van der Waals surface area contributed by atoms with Crippen LogP contribution in [0.4, 0.5) is 0 Å². The second kappa shape index (κ2) is 13.4. The van der Waals surface area contributed by atoms with E-state index in [-0.39, 0.29) is 10.8 Å². The second-order valence-electron chi connectivity index (χ2n) is 9.74. The van der Waals surface area contributed by atoms with Gasteiger partial charge in [-0.2, -0.15) is 0 Å². The minimum Gasteiger partial charge on any atom is -0.328 e.